The normalized spacial score (nSPS) is 9.53. The second-order valence-corrected chi connectivity index (χ2v) is 3.05. The van der Waals surface area contributed by atoms with Gasteiger partial charge in [0.1, 0.15) is 0 Å². The Kier molecular flexibility index (Phi) is 4.27. The minimum absolute atomic E-state index is 0.207. The van der Waals surface area contributed by atoms with E-state index in [1.807, 2.05) is 0 Å². The average Bonchev–Trinajstić information content (AvgIpc) is 2.27. The van der Waals surface area contributed by atoms with E-state index >= 15 is 0 Å². The summed E-state index contributed by atoms with van der Waals surface area (Å²) in [5.74, 6) is 0.0139. The van der Waals surface area contributed by atoms with Gasteiger partial charge in [0, 0.05) is 0 Å². The molecular formula is C10H11NO6. The second kappa shape index (κ2) is 5.69. The summed E-state index contributed by atoms with van der Waals surface area (Å²) in [6, 6.07) is 4.76. The van der Waals surface area contributed by atoms with Crippen LogP contribution < -0.4 is 9.47 Å². The molecule has 17 heavy (non-hydrogen) atoms. The van der Waals surface area contributed by atoms with E-state index in [1.54, 1.807) is 18.2 Å². The summed E-state index contributed by atoms with van der Waals surface area (Å²) < 4.78 is 10.0. The predicted octanol–water partition coefficient (Wildman–Crippen LogP) is 0.981. The van der Waals surface area contributed by atoms with Crippen LogP contribution in [-0.4, -0.2) is 25.3 Å². The van der Waals surface area contributed by atoms with E-state index in [-0.39, 0.29) is 6.42 Å². The van der Waals surface area contributed by atoms with Gasteiger partial charge < -0.3 is 9.47 Å². The van der Waals surface area contributed by atoms with Gasteiger partial charge in [-0.15, -0.1) is 10.1 Å². The van der Waals surface area contributed by atoms with Crippen LogP contribution in [0.5, 0.6) is 11.5 Å². The fourth-order valence-corrected chi connectivity index (χ4v) is 1.27. The van der Waals surface area contributed by atoms with Crippen molar-refractivity contribution in [3.05, 3.63) is 33.9 Å². The third-order valence-corrected chi connectivity index (χ3v) is 1.97. The molecule has 92 valence electrons. The molecule has 0 bridgehead atoms. The lowest BCUT2D eigenvalue weighted by Crippen LogP contribution is -2.12. The molecule has 0 aliphatic carbocycles. The number of hydrogen-bond donors (Lipinski definition) is 0. The number of rotatable bonds is 5. The number of methoxy groups -OCH3 is 2. The van der Waals surface area contributed by atoms with Gasteiger partial charge in [-0.1, -0.05) is 6.07 Å². The van der Waals surface area contributed by atoms with Crippen LogP contribution in [0.25, 0.3) is 0 Å². The number of carbonyl (C=O) groups is 1. The summed E-state index contributed by atoms with van der Waals surface area (Å²) in [5.41, 5.74) is 0.537. The van der Waals surface area contributed by atoms with Crippen LogP contribution in [0.1, 0.15) is 5.56 Å². The summed E-state index contributed by atoms with van der Waals surface area (Å²) in [5, 5.41) is 8.81. The maximum atomic E-state index is 11.0. The Hall–Kier alpha value is -2.31. The topological polar surface area (TPSA) is 87.9 Å². The van der Waals surface area contributed by atoms with Gasteiger partial charge in [0.05, 0.1) is 20.6 Å². The first-order chi connectivity index (χ1) is 8.06. The summed E-state index contributed by atoms with van der Waals surface area (Å²) in [7, 11) is 2.94. The SMILES string of the molecule is COc1ccc(CC(=O)O[N+](=O)[O-])cc1OC. The molecule has 1 aromatic rings. The summed E-state index contributed by atoms with van der Waals surface area (Å²) in [6.07, 6.45) is -0.207. The standard InChI is InChI=1S/C10H11NO6/c1-15-8-4-3-7(5-9(8)16-2)6-10(12)17-11(13)14/h3-5H,6H2,1-2H3. The largest absolute Gasteiger partial charge is 0.493 e. The average molecular weight is 241 g/mol. The summed E-state index contributed by atoms with van der Waals surface area (Å²) >= 11 is 0. The predicted molar refractivity (Wildman–Crippen MR) is 56.3 cm³/mol. The van der Waals surface area contributed by atoms with Crippen molar-refractivity contribution in [2.75, 3.05) is 14.2 Å². The van der Waals surface area contributed by atoms with Crippen molar-refractivity contribution in [1.29, 1.82) is 0 Å². The molecule has 0 N–H and O–H groups in total. The van der Waals surface area contributed by atoms with Crippen molar-refractivity contribution in [2.24, 2.45) is 0 Å². The molecule has 0 radical (unpaired) electrons. The van der Waals surface area contributed by atoms with E-state index in [2.05, 4.69) is 4.84 Å². The van der Waals surface area contributed by atoms with Crippen molar-refractivity contribution in [2.45, 2.75) is 6.42 Å². The number of ether oxygens (including phenoxy) is 2. The Morgan fingerprint density at radius 3 is 2.47 bits per heavy atom. The summed E-state index contributed by atoms with van der Waals surface area (Å²) in [4.78, 5) is 24.8. The van der Waals surface area contributed by atoms with Gasteiger partial charge in [-0.05, 0) is 17.7 Å². The molecule has 0 unspecified atom stereocenters. The Bertz CT molecular complexity index is 431. The van der Waals surface area contributed by atoms with Crippen LogP contribution in [0.15, 0.2) is 18.2 Å². The summed E-state index contributed by atoms with van der Waals surface area (Å²) in [6.45, 7) is 0. The van der Waals surface area contributed by atoms with Crippen LogP contribution in [0, 0.1) is 10.1 Å². The molecule has 0 heterocycles. The highest BCUT2D eigenvalue weighted by molar-refractivity contribution is 5.72. The molecule has 7 nitrogen and oxygen atoms in total. The molecule has 0 aliphatic rings. The van der Waals surface area contributed by atoms with Crippen molar-refractivity contribution in [3.8, 4) is 11.5 Å². The zero-order valence-corrected chi connectivity index (χ0v) is 9.34. The number of benzene rings is 1. The van der Waals surface area contributed by atoms with E-state index in [0.29, 0.717) is 17.1 Å². The highest BCUT2D eigenvalue weighted by Gasteiger charge is 2.11. The minimum Gasteiger partial charge on any atom is -0.493 e. The molecule has 1 aromatic carbocycles. The molecule has 0 atom stereocenters. The molecule has 0 saturated heterocycles. The zero-order valence-electron chi connectivity index (χ0n) is 9.34. The van der Waals surface area contributed by atoms with Crippen LogP contribution >= 0.6 is 0 Å². The lowest BCUT2D eigenvalue weighted by molar-refractivity contribution is -0.729. The fourth-order valence-electron chi connectivity index (χ4n) is 1.27. The van der Waals surface area contributed by atoms with E-state index < -0.39 is 11.1 Å². The van der Waals surface area contributed by atoms with Gasteiger partial charge in [-0.2, -0.15) is 0 Å². The Balaban J connectivity index is 2.79. The van der Waals surface area contributed by atoms with E-state index in [1.165, 1.54) is 14.2 Å². The Morgan fingerprint density at radius 1 is 1.29 bits per heavy atom. The van der Waals surface area contributed by atoms with Crippen molar-refractivity contribution >= 4 is 5.97 Å². The number of carbonyl (C=O) groups excluding carboxylic acids is 1. The van der Waals surface area contributed by atoms with Crippen molar-refractivity contribution < 1.29 is 24.2 Å². The third kappa shape index (κ3) is 3.63. The van der Waals surface area contributed by atoms with Crippen molar-refractivity contribution in [1.82, 2.24) is 0 Å². The maximum Gasteiger partial charge on any atom is 0.308 e. The third-order valence-electron chi connectivity index (χ3n) is 1.97. The van der Waals surface area contributed by atoms with E-state index in [9.17, 15) is 14.9 Å². The lowest BCUT2D eigenvalue weighted by atomic mass is 10.1. The Labute approximate surface area is 97.0 Å². The molecule has 0 spiro atoms. The molecule has 7 heteroatoms. The molecular weight excluding hydrogens is 230 g/mol. The van der Waals surface area contributed by atoms with Crippen molar-refractivity contribution in [3.63, 3.8) is 0 Å². The van der Waals surface area contributed by atoms with Gasteiger partial charge in [-0.25, -0.2) is 4.84 Å². The smallest absolute Gasteiger partial charge is 0.308 e. The minimum atomic E-state index is -1.14. The number of nitrogens with zero attached hydrogens (tertiary/aromatic N) is 1. The van der Waals surface area contributed by atoms with E-state index in [0.717, 1.165) is 0 Å². The van der Waals surface area contributed by atoms with Crippen LogP contribution in [0.4, 0.5) is 0 Å². The van der Waals surface area contributed by atoms with Gasteiger partial charge in [0.2, 0.25) is 0 Å². The monoisotopic (exact) mass is 241 g/mol. The van der Waals surface area contributed by atoms with Gasteiger partial charge in [0.25, 0.3) is 0 Å². The number of hydrogen-bond acceptors (Lipinski definition) is 6. The molecule has 0 saturated carbocycles. The zero-order chi connectivity index (χ0) is 12.8. The van der Waals surface area contributed by atoms with Gasteiger partial charge in [0.15, 0.2) is 11.5 Å². The van der Waals surface area contributed by atoms with E-state index in [4.69, 9.17) is 9.47 Å². The van der Waals surface area contributed by atoms with Crippen LogP contribution in [0.2, 0.25) is 0 Å². The Morgan fingerprint density at radius 2 is 1.94 bits per heavy atom. The molecule has 0 amide bonds. The second-order valence-electron chi connectivity index (χ2n) is 3.05. The maximum absolute atomic E-state index is 11.0. The fraction of sp³-hybridized carbons (Fsp3) is 0.300. The first-order valence-electron chi connectivity index (χ1n) is 4.63. The first kappa shape index (κ1) is 12.8. The van der Waals surface area contributed by atoms with Crippen LogP contribution in [-0.2, 0) is 16.1 Å². The quantitative estimate of drug-likeness (QED) is 0.564. The highest BCUT2D eigenvalue weighted by atomic mass is 17.0. The highest BCUT2D eigenvalue weighted by Crippen LogP contribution is 2.27. The van der Waals surface area contributed by atoms with Gasteiger partial charge >= 0.3 is 11.1 Å². The molecule has 1 rings (SSSR count). The van der Waals surface area contributed by atoms with Crippen LogP contribution in [0.3, 0.4) is 0 Å². The molecule has 0 aliphatic heterocycles. The molecule has 0 aromatic heterocycles. The lowest BCUT2D eigenvalue weighted by Gasteiger charge is -2.08. The van der Waals surface area contributed by atoms with Gasteiger partial charge in [-0.3, -0.25) is 4.79 Å². The molecule has 0 fully saturated rings. The first-order valence-corrected chi connectivity index (χ1v) is 4.63.